The van der Waals surface area contributed by atoms with E-state index in [0.29, 0.717) is 11.3 Å². The summed E-state index contributed by atoms with van der Waals surface area (Å²) in [6.45, 7) is 1.82. The zero-order valence-electron chi connectivity index (χ0n) is 11.4. The van der Waals surface area contributed by atoms with Crippen molar-refractivity contribution in [1.29, 1.82) is 5.26 Å². The van der Waals surface area contributed by atoms with Crippen LogP contribution in [0.1, 0.15) is 36.8 Å². The molecule has 1 heterocycles. The Morgan fingerprint density at radius 2 is 1.75 bits per heavy atom. The molecule has 1 saturated heterocycles. The minimum absolute atomic E-state index is 0.123. The van der Waals surface area contributed by atoms with Gasteiger partial charge in [-0.05, 0) is 31.4 Å². The molecule has 3 rings (SSSR count). The average molecular weight is 268 g/mol. The highest BCUT2D eigenvalue weighted by molar-refractivity contribution is 6.22. The maximum absolute atomic E-state index is 12.5. The lowest BCUT2D eigenvalue weighted by molar-refractivity contribution is -0.122. The van der Waals surface area contributed by atoms with Gasteiger partial charge >= 0.3 is 0 Å². The number of hydrogen-bond acceptors (Lipinski definition) is 3. The Morgan fingerprint density at radius 3 is 2.30 bits per heavy atom. The third-order valence-electron chi connectivity index (χ3n) is 4.44. The molecule has 4 nitrogen and oxygen atoms in total. The van der Waals surface area contributed by atoms with E-state index in [1.54, 1.807) is 12.1 Å². The lowest BCUT2D eigenvalue weighted by Gasteiger charge is -2.19. The van der Waals surface area contributed by atoms with Gasteiger partial charge in [-0.3, -0.25) is 9.59 Å². The van der Waals surface area contributed by atoms with Crippen molar-refractivity contribution in [1.82, 2.24) is 0 Å². The maximum Gasteiger partial charge on any atom is 0.237 e. The fourth-order valence-electron chi connectivity index (χ4n) is 3.38. The van der Waals surface area contributed by atoms with Crippen LogP contribution in [0.3, 0.4) is 0 Å². The molecule has 102 valence electrons. The molecule has 1 aliphatic heterocycles. The number of anilines is 1. The minimum Gasteiger partial charge on any atom is -0.274 e. The molecule has 2 aliphatic rings. The van der Waals surface area contributed by atoms with Crippen LogP contribution in [0.25, 0.3) is 0 Å². The zero-order chi connectivity index (χ0) is 14.3. The predicted octanol–water partition coefficient (Wildman–Crippen LogP) is 2.55. The van der Waals surface area contributed by atoms with Crippen LogP contribution in [0.4, 0.5) is 5.69 Å². The molecule has 0 radical (unpaired) electrons. The Morgan fingerprint density at radius 1 is 1.15 bits per heavy atom. The van der Waals surface area contributed by atoms with Crippen molar-refractivity contribution < 1.29 is 9.59 Å². The van der Waals surface area contributed by atoms with Crippen LogP contribution in [0.2, 0.25) is 0 Å². The standard InChI is InChI=1S/C16H16N2O2/c1-10-5-4-8-14(13(10)9-17)18-15(19)11-6-2-3-7-12(11)16(18)20/h4-5,8,11-12H,2-3,6-7H2,1H3. The van der Waals surface area contributed by atoms with E-state index in [4.69, 9.17) is 0 Å². The molecule has 1 saturated carbocycles. The molecule has 1 aliphatic carbocycles. The summed E-state index contributed by atoms with van der Waals surface area (Å²) in [7, 11) is 0. The van der Waals surface area contributed by atoms with Gasteiger partial charge in [-0.2, -0.15) is 5.26 Å². The SMILES string of the molecule is Cc1cccc(N2C(=O)C3CCCCC3C2=O)c1C#N. The van der Waals surface area contributed by atoms with Gasteiger partial charge < -0.3 is 0 Å². The van der Waals surface area contributed by atoms with Gasteiger partial charge in [0.05, 0.1) is 23.1 Å². The van der Waals surface area contributed by atoms with Crippen LogP contribution in [0, 0.1) is 30.1 Å². The normalized spacial score (nSPS) is 25.5. The topological polar surface area (TPSA) is 61.2 Å². The number of nitriles is 1. The molecular weight excluding hydrogens is 252 g/mol. The molecule has 0 spiro atoms. The van der Waals surface area contributed by atoms with E-state index in [1.807, 2.05) is 13.0 Å². The Labute approximate surface area is 118 Å². The van der Waals surface area contributed by atoms with Crippen molar-refractivity contribution in [3.63, 3.8) is 0 Å². The second-order valence-electron chi connectivity index (χ2n) is 5.59. The third-order valence-corrected chi connectivity index (χ3v) is 4.44. The quantitative estimate of drug-likeness (QED) is 0.735. The van der Waals surface area contributed by atoms with Gasteiger partial charge in [-0.25, -0.2) is 4.90 Å². The number of nitrogens with zero attached hydrogens (tertiary/aromatic N) is 2. The molecule has 4 heteroatoms. The molecule has 2 amide bonds. The summed E-state index contributed by atoms with van der Waals surface area (Å²) in [4.78, 5) is 26.3. The predicted molar refractivity (Wildman–Crippen MR) is 73.8 cm³/mol. The number of aryl methyl sites for hydroxylation is 1. The minimum atomic E-state index is -0.177. The van der Waals surface area contributed by atoms with Crippen LogP contribution < -0.4 is 4.90 Å². The van der Waals surface area contributed by atoms with E-state index >= 15 is 0 Å². The van der Waals surface area contributed by atoms with Gasteiger partial charge in [0.1, 0.15) is 6.07 Å². The highest BCUT2D eigenvalue weighted by atomic mass is 16.2. The number of imide groups is 1. The summed E-state index contributed by atoms with van der Waals surface area (Å²) in [5.41, 5.74) is 1.67. The van der Waals surface area contributed by atoms with Gasteiger partial charge in [0.15, 0.2) is 0 Å². The zero-order valence-corrected chi connectivity index (χ0v) is 11.4. The van der Waals surface area contributed by atoms with Crippen LogP contribution >= 0.6 is 0 Å². The van der Waals surface area contributed by atoms with Crippen molar-refractivity contribution in [2.75, 3.05) is 4.90 Å². The Kier molecular flexibility index (Phi) is 3.06. The highest BCUT2D eigenvalue weighted by Crippen LogP contribution is 2.41. The fraction of sp³-hybridized carbons (Fsp3) is 0.438. The van der Waals surface area contributed by atoms with Gasteiger partial charge in [-0.1, -0.05) is 25.0 Å². The highest BCUT2D eigenvalue weighted by Gasteiger charge is 2.49. The second kappa shape index (κ2) is 4.75. The van der Waals surface area contributed by atoms with Crippen molar-refractivity contribution in [3.05, 3.63) is 29.3 Å². The Hall–Kier alpha value is -2.15. The molecule has 2 unspecified atom stereocenters. The van der Waals surface area contributed by atoms with Crippen molar-refractivity contribution in [2.45, 2.75) is 32.6 Å². The van der Waals surface area contributed by atoms with Crippen LogP contribution in [-0.4, -0.2) is 11.8 Å². The number of carbonyl (C=O) groups is 2. The molecule has 0 N–H and O–H groups in total. The molecule has 1 aromatic rings. The van der Waals surface area contributed by atoms with E-state index < -0.39 is 0 Å². The van der Waals surface area contributed by atoms with E-state index in [0.717, 1.165) is 31.2 Å². The molecule has 0 aromatic heterocycles. The number of amides is 2. The first kappa shape index (κ1) is 12.9. The van der Waals surface area contributed by atoms with E-state index in [1.165, 1.54) is 4.90 Å². The molecule has 2 atom stereocenters. The second-order valence-corrected chi connectivity index (χ2v) is 5.59. The lowest BCUT2D eigenvalue weighted by Crippen LogP contribution is -2.31. The van der Waals surface area contributed by atoms with E-state index in [9.17, 15) is 14.9 Å². The number of rotatable bonds is 1. The summed E-state index contributed by atoms with van der Waals surface area (Å²) in [5.74, 6) is -0.602. The molecular formula is C16H16N2O2. The van der Waals surface area contributed by atoms with Gasteiger partial charge in [0.25, 0.3) is 0 Å². The van der Waals surface area contributed by atoms with Crippen LogP contribution in [0.5, 0.6) is 0 Å². The molecule has 0 bridgehead atoms. The Bertz CT molecular complexity index is 606. The van der Waals surface area contributed by atoms with Gasteiger partial charge in [0.2, 0.25) is 11.8 Å². The molecule has 1 aromatic carbocycles. The summed E-state index contributed by atoms with van der Waals surface area (Å²) in [6, 6.07) is 7.42. The van der Waals surface area contributed by atoms with Crippen molar-refractivity contribution in [2.24, 2.45) is 11.8 Å². The summed E-state index contributed by atoms with van der Waals surface area (Å²) >= 11 is 0. The third kappa shape index (κ3) is 1.74. The molecule has 20 heavy (non-hydrogen) atoms. The average Bonchev–Trinajstić information content (AvgIpc) is 2.71. The van der Waals surface area contributed by atoms with E-state index in [-0.39, 0.29) is 23.7 Å². The number of hydrogen-bond donors (Lipinski definition) is 0. The first-order valence-corrected chi connectivity index (χ1v) is 7.02. The summed E-state index contributed by atoms with van der Waals surface area (Å²) in [5, 5.41) is 9.29. The van der Waals surface area contributed by atoms with Gasteiger partial charge in [0, 0.05) is 0 Å². The van der Waals surface area contributed by atoms with Gasteiger partial charge in [-0.15, -0.1) is 0 Å². The summed E-state index contributed by atoms with van der Waals surface area (Å²) < 4.78 is 0. The van der Waals surface area contributed by atoms with Crippen LogP contribution in [0.15, 0.2) is 18.2 Å². The largest absolute Gasteiger partial charge is 0.274 e. The molecule has 2 fully saturated rings. The van der Waals surface area contributed by atoms with Crippen molar-refractivity contribution >= 4 is 17.5 Å². The van der Waals surface area contributed by atoms with Crippen molar-refractivity contribution in [3.8, 4) is 6.07 Å². The smallest absolute Gasteiger partial charge is 0.237 e. The van der Waals surface area contributed by atoms with E-state index in [2.05, 4.69) is 6.07 Å². The monoisotopic (exact) mass is 268 g/mol. The summed E-state index contributed by atoms with van der Waals surface area (Å²) in [6.07, 6.45) is 3.60. The number of benzene rings is 1. The number of fused-ring (bicyclic) bond motifs is 1. The van der Waals surface area contributed by atoms with Crippen LogP contribution in [-0.2, 0) is 9.59 Å². The first-order chi connectivity index (χ1) is 9.65. The Balaban J connectivity index is 2.07. The first-order valence-electron chi connectivity index (χ1n) is 7.02. The lowest BCUT2D eigenvalue weighted by atomic mass is 9.81. The number of carbonyl (C=O) groups excluding carboxylic acids is 2. The fourth-order valence-corrected chi connectivity index (χ4v) is 3.38. The maximum atomic E-state index is 12.5.